The van der Waals surface area contributed by atoms with Gasteiger partial charge in [0.1, 0.15) is 0 Å². The van der Waals surface area contributed by atoms with Gasteiger partial charge in [-0.25, -0.2) is 0 Å². The van der Waals surface area contributed by atoms with Crippen LogP contribution in [0, 0.1) is 0 Å². The Labute approximate surface area is 79.5 Å². The van der Waals surface area contributed by atoms with Crippen molar-refractivity contribution in [3.05, 3.63) is 0 Å². The van der Waals surface area contributed by atoms with Crippen molar-refractivity contribution in [3.63, 3.8) is 0 Å². The van der Waals surface area contributed by atoms with Crippen molar-refractivity contribution >= 4 is 5.97 Å². The zero-order valence-corrected chi connectivity index (χ0v) is 8.78. The Morgan fingerprint density at radius 1 is 1.54 bits per heavy atom. The largest absolute Gasteiger partial charge is 0.469 e. The second kappa shape index (κ2) is 5.94. The molecule has 1 N–H and O–H groups in total. The van der Waals surface area contributed by atoms with Crippen LogP contribution in [0.4, 0.5) is 0 Å². The lowest BCUT2D eigenvalue weighted by molar-refractivity contribution is -0.141. The molecule has 0 fully saturated rings. The number of aliphatic hydroxyl groups excluding tert-OH is 1. The highest BCUT2D eigenvalue weighted by Gasteiger charge is 2.14. The summed E-state index contributed by atoms with van der Waals surface area (Å²) in [5.74, 6) is -0.218. The van der Waals surface area contributed by atoms with Crippen LogP contribution in [0.3, 0.4) is 0 Å². The van der Waals surface area contributed by atoms with Gasteiger partial charge >= 0.3 is 5.97 Å². The van der Waals surface area contributed by atoms with Crippen molar-refractivity contribution < 1.29 is 14.6 Å². The maximum atomic E-state index is 10.9. The smallest absolute Gasteiger partial charge is 0.307 e. The second-order valence-electron chi connectivity index (χ2n) is 3.42. The third-order valence-electron chi connectivity index (χ3n) is 1.99. The number of carbonyl (C=O) groups excluding carboxylic acids is 1. The molecular weight excluding hydrogens is 170 g/mol. The van der Waals surface area contributed by atoms with Crippen molar-refractivity contribution in [2.75, 3.05) is 20.7 Å². The lowest BCUT2D eigenvalue weighted by Gasteiger charge is -2.24. The number of hydrogen-bond donors (Lipinski definition) is 1. The Balaban J connectivity index is 3.81. The molecule has 4 heteroatoms. The summed E-state index contributed by atoms with van der Waals surface area (Å²) in [4.78, 5) is 12.8. The van der Waals surface area contributed by atoms with Crippen LogP contribution in [0.25, 0.3) is 0 Å². The normalized spacial score (nSPS) is 15.5. The Kier molecular flexibility index (Phi) is 5.66. The number of aliphatic hydroxyl groups is 1. The molecule has 2 unspecified atom stereocenters. The SMILES string of the molecule is COC(=O)CC(C)N(C)CC(C)O. The molecule has 0 aromatic heterocycles. The zero-order chi connectivity index (χ0) is 10.4. The highest BCUT2D eigenvalue weighted by atomic mass is 16.5. The minimum absolute atomic E-state index is 0.0991. The summed E-state index contributed by atoms with van der Waals surface area (Å²) < 4.78 is 4.55. The molecule has 0 heterocycles. The fraction of sp³-hybridized carbons (Fsp3) is 0.889. The van der Waals surface area contributed by atoms with E-state index in [0.717, 1.165) is 0 Å². The molecule has 0 radical (unpaired) electrons. The van der Waals surface area contributed by atoms with Gasteiger partial charge in [0.25, 0.3) is 0 Å². The maximum absolute atomic E-state index is 10.9. The fourth-order valence-corrected chi connectivity index (χ4v) is 1.08. The Hall–Kier alpha value is -0.610. The van der Waals surface area contributed by atoms with Gasteiger partial charge in [-0.15, -0.1) is 0 Å². The molecule has 0 spiro atoms. The van der Waals surface area contributed by atoms with Gasteiger partial charge < -0.3 is 14.7 Å². The van der Waals surface area contributed by atoms with E-state index >= 15 is 0 Å². The van der Waals surface area contributed by atoms with E-state index < -0.39 is 0 Å². The standard InChI is InChI=1S/C9H19NO3/c1-7(5-9(12)13-4)10(3)6-8(2)11/h7-8,11H,5-6H2,1-4H3. The third kappa shape index (κ3) is 5.60. The maximum Gasteiger partial charge on any atom is 0.307 e. The molecule has 0 aromatic carbocycles. The number of carbonyl (C=O) groups is 1. The van der Waals surface area contributed by atoms with Crippen LogP contribution in [-0.2, 0) is 9.53 Å². The van der Waals surface area contributed by atoms with Crippen LogP contribution in [-0.4, -0.2) is 48.8 Å². The molecule has 0 aliphatic rings. The van der Waals surface area contributed by atoms with Gasteiger partial charge in [-0.1, -0.05) is 0 Å². The first-order valence-corrected chi connectivity index (χ1v) is 4.42. The Bertz CT molecular complexity index is 159. The fourth-order valence-electron chi connectivity index (χ4n) is 1.08. The highest BCUT2D eigenvalue weighted by molar-refractivity contribution is 5.69. The van der Waals surface area contributed by atoms with Crippen molar-refractivity contribution in [1.82, 2.24) is 4.90 Å². The first-order valence-electron chi connectivity index (χ1n) is 4.42. The molecule has 13 heavy (non-hydrogen) atoms. The summed E-state index contributed by atoms with van der Waals surface area (Å²) in [6.45, 7) is 4.22. The van der Waals surface area contributed by atoms with E-state index in [9.17, 15) is 4.79 Å². The van der Waals surface area contributed by atoms with E-state index in [1.807, 2.05) is 18.9 Å². The van der Waals surface area contributed by atoms with E-state index in [1.165, 1.54) is 7.11 Å². The summed E-state index contributed by atoms with van der Waals surface area (Å²) >= 11 is 0. The summed E-state index contributed by atoms with van der Waals surface area (Å²) in [5.41, 5.74) is 0. The Morgan fingerprint density at radius 2 is 2.08 bits per heavy atom. The summed E-state index contributed by atoms with van der Waals surface area (Å²) in [6, 6.07) is 0.0991. The monoisotopic (exact) mass is 189 g/mol. The van der Waals surface area contributed by atoms with Gasteiger partial charge in [-0.3, -0.25) is 4.79 Å². The molecule has 0 bridgehead atoms. The first kappa shape index (κ1) is 12.4. The van der Waals surface area contributed by atoms with Crippen LogP contribution in [0.15, 0.2) is 0 Å². The summed E-state index contributed by atoms with van der Waals surface area (Å²) in [7, 11) is 3.25. The summed E-state index contributed by atoms with van der Waals surface area (Å²) in [5, 5.41) is 9.11. The lowest BCUT2D eigenvalue weighted by atomic mass is 10.2. The molecule has 2 atom stereocenters. The van der Waals surface area contributed by atoms with Crippen LogP contribution < -0.4 is 0 Å². The molecular formula is C9H19NO3. The predicted molar refractivity (Wildman–Crippen MR) is 50.4 cm³/mol. The number of methoxy groups -OCH3 is 1. The third-order valence-corrected chi connectivity index (χ3v) is 1.99. The first-order chi connectivity index (χ1) is 5.97. The summed E-state index contributed by atoms with van der Waals surface area (Å²) in [6.07, 6.45) is -0.00945. The predicted octanol–water partition coefficient (Wildman–Crippen LogP) is 0.251. The quantitative estimate of drug-likeness (QED) is 0.630. The van der Waals surface area contributed by atoms with E-state index in [0.29, 0.717) is 13.0 Å². The zero-order valence-electron chi connectivity index (χ0n) is 8.78. The van der Waals surface area contributed by atoms with Crippen LogP contribution in [0.1, 0.15) is 20.3 Å². The van der Waals surface area contributed by atoms with Crippen molar-refractivity contribution in [2.45, 2.75) is 32.4 Å². The van der Waals surface area contributed by atoms with E-state index in [-0.39, 0.29) is 18.1 Å². The van der Waals surface area contributed by atoms with Crippen molar-refractivity contribution in [1.29, 1.82) is 0 Å². The average Bonchev–Trinajstić information content (AvgIpc) is 2.02. The second-order valence-corrected chi connectivity index (χ2v) is 3.42. The highest BCUT2D eigenvalue weighted by Crippen LogP contribution is 2.02. The molecule has 0 aliphatic carbocycles. The number of hydrogen-bond acceptors (Lipinski definition) is 4. The molecule has 0 saturated heterocycles. The molecule has 0 amide bonds. The number of esters is 1. The van der Waals surface area contributed by atoms with E-state index in [4.69, 9.17) is 5.11 Å². The van der Waals surface area contributed by atoms with Gasteiger partial charge in [-0.2, -0.15) is 0 Å². The number of likely N-dealkylation sites (N-methyl/N-ethyl adjacent to an activating group) is 1. The molecule has 0 aromatic rings. The van der Waals surface area contributed by atoms with Gasteiger partial charge in [0.15, 0.2) is 0 Å². The number of nitrogens with zero attached hydrogens (tertiary/aromatic N) is 1. The minimum atomic E-state index is -0.370. The molecule has 0 aliphatic heterocycles. The van der Waals surface area contributed by atoms with Gasteiger partial charge in [0, 0.05) is 12.6 Å². The molecule has 0 saturated carbocycles. The van der Waals surface area contributed by atoms with Gasteiger partial charge in [0.05, 0.1) is 19.6 Å². The molecule has 0 rings (SSSR count). The topological polar surface area (TPSA) is 49.8 Å². The van der Waals surface area contributed by atoms with E-state index in [1.54, 1.807) is 6.92 Å². The molecule has 78 valence electrons. The van der Waals surface area contributed by atoms with Crippen molar-refractivity contribution in [3.8, 4) is 0 Å². The van der Waals surface area contributed by atoms with Crippen LogP contribution in [0.2, 0.25) is 0 Å². The minimum Gasteiger partial charge on any atom is -0.469 e. The lowest BCUT2D eigenvalue weighted by Crippen LogP contribution is -2.36. The van der Waals surface area contributed by atoms with Crippen LogP contribution in [0.5, 0.6) is 0 Å². The average molecular weight is 189 g/mol. The van der Waals surface area contributed by atoms with E-state index in [2.05, 4.69) is 4.74 Å². The van der Waals surface area contributed by atoms with Gasteiger partial charge in [0.2, 0.25) is 0 Å². The Morgan fingerprint density at radius 3 is 2.46 bits per heavy atom. The van der Waals surface area contributed by atoms with Crippen LogP contribution >= 0.6 is 0 Å². The number of rotatable bonds is 5. The number of ether oxygens (including phenoxy) is 1. The van der Waals surface area contributed by atoms with Crippen molar-refractivity contribution in [2.24, 2.45) is 0 Å². The van der Waals surface area contributed by atoms with Gasteiger partial charge in [-0.05, 0) is 20.9 Å². The molecule has 4 nitrogen and oxygen atoms in total.